The number of carbonyl (C=O) groups excluding carboxylic acids is 1. The van der Waals surface area contributed by atoms with Gasteiger partial charge in [-0.15, -0.1) is 0 Å². The van der Waals surface area contributed by atoms with Gasteiger partial charge in [-0.1, -0.05) is 24.3 Å². The quantitative estimate of drug-likeness (QED) is 0.829. The number of anilines is 2. The van der Waals surface area contributed by atoms with Gasteiger partial charge in [0.2, 0.25) is 0 Å². The number of nitrogen functional groups attached to an aromatic ring is 1. The number of nitrogens with one attached hydrogen (secondary N) is 1. The van der Waals surface area contributed by atoms with E-state index in [1.807, 2.05) is 48.5 Å². The van der Waals surface area contributed by atoms with Crippen LogP contribution in [0.15, 0.2) is 59.8 Å². The maximum absolute atomic E-state index is 12.9. The highest BCUT2D eigenvalue weighted by atomic mass is 16.5. The number of fused-ring (bicyclic) bond motifs is 2. The first-order valence-corrected chi connectivity index (χ1v) is 7.89. The van der Waals surface area contributed by atoms with Crippen molar-refractivity contribution in [3.63, 3.8) is 0 Å². The molecule has 4 heteroatoms. The normalized spacial score (nSPS) is 19.7. The molecule has 0 radical (unpaired) electrons. The number of para-hydroxylation sites is 3. The van der Waals surface area contributed by atoms with Crippen LogP contribution in [0.5, 0.6) is 5.75 Å². The minimum absolute atomic E-state index is 0.0635. The van der Waals surface area contributed by atoms with Crippen molar-refractivity contribution in [1.82, 2.24) is 0 Å². The van der Waals surface area contributed by atoms with Crippen LogP contribution < -0.4 is 15.8 Å². The van der Waals surface area contributed by atoms with Crippen LogP contribution >= 0.6 is 0 Å². The van der Waals surface area contributed by atoms with Crippen LogP contribution in [0, 0.1) is 0 Å². The van der Waals surface area contributed by atoms with Gasteiger partial charge >= 0.3 is 0 Å². The molecular formula is C19H18N2O2. The molecule has 0 saturated carbocycles. The van der Waals surface area contributed by atoms with Crippen molar-refractivity contribution in [3.05, 3.63) is 65.4 Å². The summed E-state index contributed by atoms with van der Waals surface area (Å²) in [5, 5.41) is 3.36. The Labute approximate surface area is 135 Å². The summed E-state index contributed by atoms with van der Waals surface area (Å²) in [5.41, 5.74) is 9.84. The van der Waals surface area contributed by atoms with Gasteiger partial charge in [0.1, 0.15) is 11.9 Å². The number of nitrogens with two attached hydrogens (primary N) is 1. The van der Waals surface area contributed by atoms with E-state index in [-0.39, 0.29) is 11.9 Å². The van der Waals surface area contributed by atoms with Gasteiger partial charge in [0.05, 0.1) is 22.5 Å². The van der Waals surface area contributed by atoms with Crippen LogP contribution in [0.4, 0.5) is 11.4 Å². The summed E-state index contributed by atoms with van der Waals surface area (Å²) in [7, 11) is 0. The zero-order chi connectivity index (χ0) is 15.8. The maximum Gasteiger partial charge on any atom is 0.198 e. The molecule has 2 aromatic rings. The number of hydrogen-bond donors (Lipinski definition) is 2. The van der Waals surface area contributed by atoms with Gasteiger partial charge in [-0.05, 0) is 43.5 Å². The summed E-state index contributed by atoms with van der Waals surface area (Å²) < 4.78 is 6.05. The van der Waals surface area contributed by atoms with Gasteiger partial charge in [-0.2, -0.15) is 0 Å². The molecule has 1 aliphatic carbocycles. The van der Waals surface area contributed by atoms with Crippen LogP contribution in [0.2, 0.25) is 0 Å². The van der Waals surface area contributed by atoms with Gasteiger partial charge in [-0.25, -0.2) is 0 Å². The second-order valence-corrected chi connectivity index (χ2v) is 5.93. The zero-order valence-corrected chi connectivity index (χ0v) is 12.7. The van der Waals surface area contributed by atoms with Crippen LogP contribution in [-0.2, 0) is 0 Å². The van der Waals surface area contributed by atoms with E-state index in [0.29, 0.717) is 17.0 Å². The van der Waals surface area contributed by atoms with Crippen LogP contribution in [-0.4, -0.2) is 11.9 Å². The summed E-state index contributed by atoms with van der Waals surface area (Å²) in [5.74, 6) is 0.750. The molecule has 0 fully saturated rings. The van der Waals surface area contributed by atoms with E-state index >= 15 is 0 Å². The highest BCUT2D eigenvalue weighted by Crippen LogP contribution is 2.38. The molecule has 2 aliphatic rings. The third kappa shape index (κ3) is 2.36. The number of ether oxygens (including phenoxy) is 1. The number of carbonyl (C=O) groups is 1. The second-order valence-electron chi connectivity index (χ2n) is 5.93. The Morgan fingerprint density at radius 1 is 1.09 bits per heavy atom. The van der Waals surface area contributed by atoms with Gasteiger partial charge in [0, 0.05) is 5.70 Å². The van der Waals surface area contributed by atoms with Gasteiger partial charge in [-0.3, -0.25) is 4.79 Å². The summed E-state index contributed by atoms with van der Waals surface area (Å²) in [4.78, 5) is 12.9. The van der Waals surface area contributed by atoms with Crippen molar-refractivity contribution < 1.29 is 9.53 Å². The van der Waals surface area contributed by atoms with Gasteiger partial charge in [0.25, 0.3) is 0 Å². The number of Topliss-reactive ketones (excluding diaryl/α,β-unsaturated/α-hetero) is 1. The fraction of sp³-hybridized carbons (Fsp3) is 0.211. The minimum Gasteiger partial charge on any atom is -0.485 e. The molecule has 0 bridgehead atoms. The first kappa shape index (κ1) is 13.9. The standard InChI is InChI=1S/C19H18N2O2/c20-13-7-2-3-8-14(13)21-15-9-5-11-17-18(15)19(22)12-6-1-4-10-16(12)23-17/h1-4,6-8,10,17,21H,5,9,11,20H2/t17-/m1/s1. The Hall–Kier alpha value is -2.75. The summed E-state index contributed by atoms with van der Waals surface area (Å²) in [6.07, 6.45) is 2.51. The summed E-state index contributed by atoms with van der Waals surface area (Å²) in [6.45, 7) is 0. The topological polar surface area (TPSA) is 64.3 Å². The fourth-order valence-corrected chi connectivity index (χ4v) is 3.30. The Kier molecular flexibility index (Phi) is 3.30. The maximum atomic E-state index is 12.9. The molecule has 1 atom stereocenters. The average Bonchev–Trinajstić information content (AvgIpc) is 2.57. The van der Waals surface area contributed by atoms with Gasteiger partial charge in [0.15, 0.2) is 5.78 Å². The highest BCUT2D eigenvalue weighted by Gasteiger charge is 2.36. The molecule has 0 spiro atoms. The van der Waals surface area contributed by atoms with Crippen molar-refractivity contribution in [1.29, 1.82) is 0 Å². The Morgan fingerprint density at radius 3 is 2.74 bits per heavy atom. The fourth-order valence-electron chi connectivity index (χ4n) is 3.30. The summed E-state index contributed by atoms with van der Waals surface area (Å²) in [6, 6.07) is 15.0. The molecule has 1 aliphatic heterocycles. The van der Waals surface area contributed by atoms with E-state index in [2.05, 4.69) is 5.32 Å². The van der Waals surface area contributed by atoms with Crippen molar-refractivity contribution in [2.75, 3.05) is 11.1 Å². The largest absolute Gasteiger partial charge is 0.485 e. The molecule has 0 amide bonds. The van der Waals surface area contributed by atoms with Crippen molar-refractivity contribution in [2.24, 2.45) is 0 Å². The molecule has 116 valence electrons. The number of hydrogen-bond acceptors (Lipinski definition) is 4. The second kappa shape index (κ2) is 5.47. The monoisotopic (exact) mass is 306 g/mol. The average molecular weight is 306 g/mol. The van der Waals surface area contributed by atoms with Gasteiger partial charge < -0.3 is 15.8 Å². The molecule has 3 N–H and O–H groups in total. The third-order valence-corrected chi connectivity index (χ3v) is 4.43. The van der Waals surface area contributed by atoms with Crippen LogP contribution in [0.1, 0.15) is 29.6 Å². The lowest BCUT2D eigenvalue weighted by Crippen LogP contribution is -2.35. The summed E-state index contributed by atoms with van der Waals surface area (Å²) >= 11 is 0. The van der Waals surface area contributed by atoms with E-state index in [1.165, 1.54) is 0 Å². The van der Waals surface area contributed by atoms with Crippen molar-refractivity contribution in [2.45, 2.75) is 25.4 Å². The molecule has 23 heavy (non-hydrogen) atoms. The van der Waals surface area contributed by atoms with Crippen molar-refractivity contribution >= 4 is 17.2 Å². The minimum atomic E-state index is -0.168. The molecule has 2 aromatic carbocycles. The van der Waals surface area contributed by atoms with Crippen LogP contribution in [0.25, 0.3) is 0 Å². The molecular weight excluding hydrogens is 288 g/mol. The molecule has 0 saturated heterocycles. The molecule has 1 heterocycles. The predicted molar refractivity (Wildman–Crippen MR) is 90.5 cm³/mol. The van der Waals surface area contributed by atoms with E-state index in [9.17, 15) is 4.79 Å². The molecule has 0 unspecified atom stereocenters. The SMILES string of the molecule is Nc1ccccc1NC1=C2C(=O)c3ccccc3O[C@@H]2CCC1. The van der Waals surface area contributed by atoms with Crippen LogP contribution in [0.3, 0.4) is 0 Å². The first-order valence-electron chi connectivity index (χ1n) is 7.89. The molecule has 4 rings (SSSR count). The number of ketones is 1. The lowest BCUT2D eigenvalue weighted by Gasteiger charge is -2.33. The lowest BCUT2D eigenvalue weighted by atomic mass is 9.85. The highest BCUT2D eigenvalue weighted by molar-refractivity contribution is 6.13. The number of rotatable bonds is 2. The Balaban J connectivity index is 1.77. The lowest BCUT2D eigenvalue weighted by molar-refractivity contribution is 0.0944. The van der Waals surface area contributed by atoms with Crippen molar-refractivity contribution in [3.8, 4) is 5.75 Å². The number of allylic oxidation sites excluding steroid dienone is 1. The first-order chi connectivity index (χ1) is 11.2. The smallest absolute Gasteiger partial charge is 0.198 e. The zero-order valence-electron chi connectivity index (χ0n) is 12.7. The predicted octanol–water partition coefficient (Wildman–Crippen LogP) is 3.76. The van der Waals surface area contributed by atoms with E-state index in [0.717, 1.165) is 36.2 Å². The molecule has 4 nitrogen and oxygen atoms in total. The number of benzene rings is 2. The molecule has 0 aromatic heterocycles. The Morgan fingerprint density at radius 2 is 1.87 bits per heavy atom. The van der Waals surface area contributed by atoms with E-state index < -0.39 is 0 Å². The van der Waals surface area contributed by atoms with E-state index in [4.69, 9.17) is 10.5 Å². The third-order valence-electron chi connectivity index (χ3n) is 4.43. The van der Waals surface area contributed by atoms with E-state index in [1.54, 1.807) is 0 Å². The Bertz CT molecular complexity index is 811.